The van der Waals surface area contributed by atoms with Crippen LogP contribution in [0.1, 0.15) is 21.8 Å². The number of carbonyl (C=O) groups is 1. The number of benzene rings is 1. The number of carboxylic acids is 1. The van der Waals surface area contributed by atoms with E-state index in [1.54, 1.807) is 11.3 Å². The van der Waals surface area contributed by atoms with E-state index in [1.807, 2.05) is 20.8 Å². The normalized spacial score (nSPS) is 10.6. The minimum atomic E-state index is -0.841. The van der Waals surface area contributed by atoms with Crippen LogP contribution in [-0.4, -0.2) is 16.1 Å². The van der Waals surface area contributed by atoms with Crippen LogP contribution < -0.4 is 0 Å². The van der Waals surface area contributed by atoms with Crippen molar-refractivity contribution in [3.8, 4) is 10.4 Å². The summed E-state index contributed by atoms with van der Waals surface area (Å²) in [5, 5.41) is 9.84. The fourth-order valence-corrected chi connectivity index (χ4v) is 2.94. The molecule has 1 aromatic heterocycles. The first-order valence-electron chi connectivity index (χ1n) is 5.73. The van der Waals surface area contributed by atoms with E-state index in [4.69, 9.17) is 5.11 Å². The van der Waals surface area contributed by atoms with E-state index in [-0.39, 0.29) is 6.42 Å². The smallest absolute Gasteiger partial charge is 0.309 e. The van der Waals surface area contributed by atoms with Crippen molar-refractivity contribution in [2.45, 2.75) is 27.2 Å². The number of carboxylic acid groups (broad SMARTS) is 1. The van der Waals surface area contributed by atoms with E-state index in [1.165, 1.54) is 5.56 Å². The topological polar surface area (TPSA) is 50.2 Å². The first kappa shape index (κ1) is 12.8. The molecule has 1 heterocycles. The predicted octanol–water partition coefficient (Wildman–Crippen LogP) is 3.36. The van der Waals surface area contributed by atoms with E-state index in [9.17, 15) is 4.79 Å². The van der Waals surface area contributed by atoms with Crippen LogP contribution in [0.15, 0.2) is 18.2 Å². The summed E-state index contributed by atoms with van der Waals surface area (Å²) in [7, 11) is 0. The Balaban J connectivity index is 2.55. The molecule has 0 radical (unpaired) electrons. The summed E-state index contributed by atoms with van der Waals surface area (Å²) >= 11 is 1.56. The van der Waals surface area contributed by atoms with Crippen molar-refractivity contribution in [1.29, 1.82) is 0 Å². The lowest BCUT2D eigenvalue weighted by Gasteiger charge is -2.06. The lowest BCUT2D eigenvalue weighted by molar-refractivity contribution is -0.136. The Morgan fingerprint density at radius 2 is 2.06 bits per heavy atom. The van der Waals surface area contributed by atoms with Crippen LogP contribution in [0.4, 0.5) is 0 Å². The molecule has 0 unspecified atom stereocenters. The van der Waals surface area contributed by atoms with E-state index in [2.05, 4.69) is 23.2 Å². The van der Waals surface area contributed by atoms with Crippen molar-refractivity contribution >= 4 is 17.3 Å². The second kappa shape index (κ2) is 4.90. The molecular formula is C14H15NO2S. The molecule has 94 valence electrons. The Bertz CT molecular complexity index is 602. The summed E-state index contributed by atoms with van der Waals surface area (Å²) in [4.78, 5) is 16.2. The maximum Gasteiger partial charge on any atom is 0.309 e. The Morgan fingerprint density at radius 1 is 1.33 bits per heavy atom. The van der Waals surface area contributed by atoms with Gasteiger partial charge in [0.2, 0.25) is 0 Å². The largest absolute Gasteiger partial charge is 0.481 e. The molecule has 0 aliphatic heterocycles. The van der Waals surface area contributed by atoms with Crippen LogP contribution in [0.25, 0.3) is 10.4 Å². The molecule has 0 fully saturated rings. The van der Waals surface area contributed by atoms with Gasteiger partial charge in [0.1, 0.15) is 0 Å². The first-order chi connectivity index (χ1) is 8.47. The molecule has 2 rings (SSSR count). The van der Waals surface area contributed by atoms with Crippen LogP contribution in [0.2, 0.25) is 0 Å². The molecule has 0 saturated heterocycles. The number of thiazole rings is 1. The number of hydrogen-bond donors (Lipinski definition) is 1. The van der Waals surface area contributed by atoms with Crippen LogP contribution in [0.3, 0.4) is 0 Å². The van der Waals surface area contributed by atoms with Crippen molar-refractivity contribution in [3.63, 3.8) is 0 Å². The van der Waals surface area contributed by atoms with Gasteiger partial charge < -0.3 is 5.11 Å². The molecule has 1 N–H and O–H groups in total. The summed E-state index contributed by atoms with van der Waals surface area (Å²) in [6, 6.07) is 6.21. The monoisotopic (exact) mass is 261 g/mol. The molecule has 0 aliphatic rings. The summed E-state index contributed by atoms with van der Waals surface area (Å²) < 4.78 is 0. The Morgan fingerprint density at radius 3 is 2.72 bits per heavy atom. The third-order valence-corrected chi connectivity index (χ3v) is 3.81. The van der Waals surface area contributed by atoms with Gasteiger partial charge in [-0.25, -0.2) is 4.98 Å². The summed E-state index contributed by atoms with van der Waals surface area (Å²) in [6.07, 6.45) is -0.0208. The molecule has 0 amide bonds. The number of hydrogen-bond acceptors (Lipinski definition) is 3. The predicted molar refractivity (Wildman–Crippen MR) is 73.1 cm³/mol. The Labute approximate surface area is 110 Å². The Kier molecular flexibility index (Phi) is 3.48. The van der Waals surface area contributed by atoms with E-state index in [0.717, 1.165) is 21.0 Å². The van der Waals surface area contributed by atoms with Crippen molar-refractivity contribution in [2.24, 2.45) is 0 Å². The van der Waals surface area contributed by atoms with Crippen LogP contribution in [0, 0.1) is 20.8 Å². The number of aryl methyl sites for hydroxylation is 3. The molecule has 4 heteroatoms. The Hall–Kier alpha value is -1.68. The minimum Gasteiger partial charge on any atom is -0.481 e. The highest BCUT2D eigenvalue weighted by Gasteiger charge is 2.15. The number of aromatic nitrogens is 1. The van der Waals surface area contributed by atoms with E-state index < -0.39 is 5.97 Å². The second-order valence-electron chi connectivity index (χ2n) is 4.40. The third-order valence-electron chi connectivity index (χ3n) is 2.76. The van der Waals surface area contributed by atoms with Gasteiger partial charge in [0.25, 0.3) is 0 Å². The summed E-state index contributed by atoms with van der Waals surface area (Å²) in [5.74, 6) is -0.841. The van der Waals surface area contributed by atoms with Crippen molar-refractivity contribution < 1.29 is 9.90 Å². The zero-order valence-electron chi connectivity index (χ0n) is 10.7. The van der Waals surface area contributed by atoms with Gasteiger partial charge in [0.15, 0.2) is 0 Å². The molecule has 0 bridgehead atoms. The third kappa shape index (κ3) is 2.59. The molecule has 0 aliphatic carbocycles. The molecular weight excluding hydrogens is 246 g/mol. The molecule has 0 saturated carbocycles. The van der Waals surface area contributed by atoms with E-state index >= 15 is 0 Å². The standard InChI is InChI=1S/C14H15NO2S/c1-8-4-5-9(2)11(6-8)14-12(7-13(16)17)15-10(3)18-14/h4-6H,7H2,1-3H3,(H,16,17). The SMILES string of the molecule is Cc1ccc(C)c(-c2sc(C)nc2CC(=O)O)c1. The number of aliphatic carboxylic acids is 1. The van der Waals surface area contributed by atoms with Gasteiger partial charge >= 0.3 is 5.97 Å². The first-order valence-corrected chi connectivity index (χ1v) is 6.54. The highest BCUT2D eigenvalue weighted by atomic mass is 32.1. The van der Waals surface area contributed by atoms with Gasteiger partial charge in [-0.2, -0.15) is 0 Å². The number of rotatable bonds is 3. The van der Waals surface area contributed by atoms with E-state index in [0.29, 0.717) is 5.69 Å². The maximum atomic E-state index is 10.9. The van der Waals surface area contributed by atoms with Crippen LogP contribution in [-0.2, 0) is 11.2 Å². The molecule has 2 aromatic rings. The van der Waals surface area contributed by atoms with Crippen molar-refractivity contribution in [3.05, 3.63) is 40.0 Å². The van der Waals surface area contributed by atoms with Gasteiger partial charge in [-0.15, -0.1) is 11.3 Å². The van der Waals surface area contributed by atoms with Crippen LogP contribution in [0.5, 0.6) is 0 Å². The summed E-state index contributed by atoms with van der Waals surface area (Å²) in [6.45, 7) is 5.98. The lowest BCUT2D eigenvalue weighted by atomic mass is 10.0. The quantitative estimate of drug-likeness (QED) is 0.921. The molecule has 0 spiro atoms. The average Bonchev–Trinajstić information content (AvgIpc) is 2.62. The maximum absolute atomic E-state index is 10.9. The molecule has 0 atom stereocenters. The zero-order chi connectivity index (χ0) is 13.3. The lowest BCUT2D eigenvalue weighted by Crippen LogP contribution is -2.02. The zero-order valence-corrected chi connectivity index (χ0v) is 11.5. The highest BCUT2D eigenvalue weighted by molar-refractivity contribution is 7.15. The van der Waals surface area contributed by atoms with Gasteiger partial charge in [-0.05, 0) is 31.9 Å². The average molecular weight is 261 g/mol. The minimum absolute atomic E-state index is 0.0208. The second-order valence-corrected chi connectivity index (χ2v) is 5.60. The van der Waals surface area contributed by atoms with Gasteiger partial charge in [-0.3, -0.25) is 4.79 Å². The summed E-state index contributed by atoms with van der Waals surface area (Å²) in [5.41, 5.74) is 4.08. The van der Waals surface area contributed by atoms with Gasteiger partial charge in [-0.1, -0.05) is 23.8 Å². The molecule has 1 aromatic carbocycles. The molecule has 3 nitrogen and oxygen atoms in total. The number of nitrogens with zero attached hydrogens (tertiary/aromatic N) is 1. The molecule has 18 heavy (non-hydrogen) atoms. The fourth-order valence-electron chi connectivity index (χ4n) is 1.92. The fraction of sp³-hybridized carbons (Fsp3) is 0.286. The highest BCUT2D eigenvalue weighted by Crippen LogP contribution is 2.33. The van der Waals surface area contributed by atoms with Gasteiger partial charge in [0.05, 0.1) is 22.0 Å². The van der Waals surface area contributed by atoms with Gasteiger partial charge in [0, 0.05) is 0 Å². The van der Waals surface area contributed by atoms with Crippen molar-refractivity contribution in [2.75, 3.05) is 0 Å². The van der Waals surface area contributed by atoms with Crippen molar-refractivity contribution in [1.82, 2.24) is 4.98 Å². The van der Waals surface area contributed by atoms with Crippen LogP contribution >= 0.6 is 11.3 Å².